The van der Waals surface area contributed by atoms with Gasteiger partial charge in [-0.2, -0.15) is 0 Å². The van der Waals surface area contributed by atoms with E-state index in [2.05, 4.69) is 16.0 Å². The summed E-state index contributed by atoms with van der Waals surface area (Å²) in [6, 6.07) is 18.2. The van der Waals surface area contributed by atoms with Crippen LogP contribution in [-0.4, -0.2) is 67.9 Å². The van der Waals surface area contributed by atoms with E-state index in [1.165, 1.54) is 0 Å². The van der Waals surface area contributed by atoms with Gasteiger partial charge in [0.25, 0.3) is 23.6 Å². The summed E-state index contributed by atoms with van der Waals surface area (Å²) in [5.74, 6) is -4.09. The molecule has 4 amide bonds. The van der Waals surface area contributed by atoms with Crippen LogP contribution in [0.1, 0.15) is 70.8 Å². The fourth-order valence-corrected chi connectivity index (χ4v) is 8.30. The van der Waals surface area contributed by atoms with E-state index in [0.717, 1.165) is 27.5 Å². The molecular formula is C42H36N6O10. The van der Waals surface area contributed by atoms with Crippen LogP contribution in [0.5, 0.6) is 0 Å². The van der Waals surface area contributed by atoms with Gasteiger partial charge in [-0.25, -0.2) is 9.59 Å². The lowest BCUT2D eigenvalue weighted by Crippen LogP contribution is -2.46. The third kappa shape index (κ3) is 5.99. The molecule has 9 rings (SSSR count). The maximum atomic E-state index is 14.1. The first-order valence-corrected chi connectivity index (χ1v) is 18.9. The van der Waals surface area contributed by atoms with E-state index in [9.17, 15) is 38.7 Å². The van der Waals surface area contributed by atoms with Crippen LogP contribution in [0.15, 0.2) is 71.4 Å². The second kappa shape index (κ2) is 13.2. The average molecular weight is 785 g/mol. The quantitative estimate of drug-likeness (QED) is 0.178. The Morgan fingerprint density at radius 1 is 0.672 bits per heavy atom. The highest BCUT2D eigenvalue weighted by atomic mass is 16.7. The molecule has 4 aliphatic heterocycles. The van der Waals surface area contributed by atoms with Gasteiger partial charge in [0.2, 0.25) is 5.78 Å². The van der Waals surface area contributed by atoms with E-state index in [0.29, 0.717) is 37.3 Å². The van der Waals surface area contributed by atoms with Gasteiger partial charge in [0.05, 0.1) is 29.3 Å². The SMILES string of the molecule is CC1(CCC(=O)ON2C(=O)CCC2=O)N=c2ccc(=C3C(=O)C(c4ccc5c6c(cccc46)NC(C)(CCC(=O)ON4C(=O)CCC4=O)N5)=C3O)c3cccc(c23)N1. The molecule has 5 aliphatic rings. The number of hydrogen-bond donors (Lipinski definition) is 4. The molecule has 1 aliphatic carbocycles. The summed E-state index contributed by atoms with van der Waals surface area (Å²) in [5, 5.41) is 27.1. The van der Waals surface area contributed by atoms with Crippen LogP contribution in [0.2, 0.25) is 0 Å². The van der Waals surface area contributed by atoms with Crippen molar-refractivity contribution < 1.29 is 48.3 Å². The number of carbonyl (C=O) groups excluding carboxylic acids is 7. The van der Waals surface area contributed by atoms with Gasteiger partial charge in [-0.1, -0.05) is 36.4 Å². The molecule has 2 saturated heterocycles. The van der Waals surface area contributed by atoms with Crippen LogP contribution in [-0.2, 0) is 43.2 Å². The molecule has 0 spiro atoms. The van der Waals surface area contributed by atoms with Gasteiger partial charge in [-0.3, -0.25) is 29.0 Å². The standard InChI is InChI=1S/C42H36N6O10/c1-41(19-17-33(53)57-47-29(49)13-14-30(47)50)43-25-7-3-5-21-23(9-11-27(45-41)35(21)25)37-39(55)38(40(37)56)24-10-12-28-36-22(24)6-4-8-26(36)44-42(2,46-28)20-18-34(54)58-48-31(51)15-16-32(48)52/h3-12,43-45,55H,13-20H2,1-2H3. The zero-order valence-electron chi connectivity index (χ0n) is 31.4. The molecule has 58 heavy (non-hydrogen) atoms. The summed E-state index contributed by atoms with van der Waals surface area (Å²) >= 11 is 0. The Kier molecular flexibility index (Phi) is 8.35. The van der Waals surface area contributed by atoms with Gasteiger partial charge in [0, 0.05) is 59.9 Å². The van der Waals surface area contributed by atoms with Gasteiger partial charge in [-0.15, -0.1) is 10.1 Å². The van der Waals surface area contributed by atoms with E-state index < -0.39 is 46.9 Å². The Hall–Kier alpha value is -7.10. The second-order valence-electron chi connectivity index (χ2n) is 15.4. The molecule has 2 unspecified atom stereocenters. The number of nitrogens with zero attached hydrogens (tertiary/aromatic N) is 3. The lowest BCUT2D eigenvalue weighted by molar-refractivity contribution is -0.197. The number of carbonyl (C=O) groups is 7. The number of nitrogens with one attached hydrogen (secondary N) is 3. The van der Waals surface area contributed by atoms with E-state index in [4.69, 9.17) is 14.7 Å². The van der Waals surface area contributed by atoms with Crippen molar-refractivity contribution in [3.63, 3.8) is 0 Å². The van der Waals surface area contributed by atoms with Crippen LogP contribution in [0.25, 0.3) is 32.7 Å². The molecule has 16 heteroatoms. The summed E-state index contributed by atoms with van der Waals surface area (Å²) in [6.45, 7) is 3.69. The molecule has 2 atom stereocenters. The number of amides is 4. The number of imide groups is 2. The van der Waals surface area contributed by atoms with E-state index in [-0.39, 0.29) is 74.1 Å². The topological polar surface area (TPSA) is 213 Å². The minimum absolute atomic E-state index is 0.00516. The lowest BCUT2D eigenvalue weighted by Gasteiger charge is -2.39. The van der Waals surface area contributed by atoms with Gasteiger partial charge < -0.3 is 30.7 Å². The van der Waals surface area contributed by atoms with E-state index in [1.54, 1.807) is 18.2 Å². The Balaban J connectivity index is 0.978. The molecule has 0 aromatic heterocycles. The van der Waals surface area contributed by atoms with Crippen LogP contribution in [0.3, 0.4) is 0 Å². The molecule has 0 radical (unpaired) electrons. The highest BCUT2D eigenvalue weighted by molar-refractivity contribution is 6.53. The van der Waals surface area contributed by atoms with Crippen molar-refractivity contribution in [1.29, 1.82) is 0 Å². The van der Waals surface area contributed by atoms with Crippen molar-refractivity contribution in [3.05, 3.63) is 82.6 Å². The third-order valence-corrected chi connectivity index (χ3v) is 11.2. The van der Waals surface area contributed by atoms with Crippen molar-refractivity contribution >= 4 is 91.1 Å². The number of anilines is 3. The first-order chi connectivity index (χ1) is 27.7. The number of aliphatic hydroxyl groups excluding tert-OH is 1. The van der Waals surface area contributed by atoms with Crippen LogP contribution in [0.4, 0.5) is 17.1 Å². The van der Waals surface area contributed by atoms with Gasteiger partial charge in [0.15, 0.2) is 0 Å². The van der Waals surface area contributed by atoms with Gasteiger partial charge in [-0.05, 0) is 66.1 Å². The summed E-state index contributed by atoms with van der Waals surface area (Å²) in [4.78, 5) is 102. The molecule has 4 heterocycles. The molecule has 2 fully saturated rings. The van der Waals surface area contributed by atoms with E-state index in [1.807, 2.05) is 56.3 Å². The number of ketones is 1. The maximum Gasteiger partial charge on any atom is 0.333 e. The molecule has 16 nitrogen and oxygen atoms in total. The Bertz CT molecular complexity index is 2730. The highest BCUT2D eigenvalue weighted by Crippen LogP contribution is 2.46. The van der Waals surface area contributed by atoms with Gasteiger partial charge >= 0.3 is 11.9 Å². The number of allylic oxidation sites excluding steroid dienone is 2. The number of aliphatic hydroxyl groups is 1. The Morgan fingerprint density at radius 2 is 1.22 bits per heavy atom. The molecule has 0 saturated carbocycles. The highest BCUT2D eigenvalue weighted by Gasteiger charge is 2.40. The van der Waals surface area contributed by atoms with Crippen molar-refractivity contribution in [2.24, 2.45) is 4.99 Å². The van der Waals surface area contributed by atoms with Gasteiger partial charge in [0.1, 0.15) is 17.1 Å². The van der Waals surface area contributed by atoms with Crippen molar-refractivity contribution in [3.8, 4) is 0 Å². The zero-order chi connectivity index (χ0) is 40.7. The summed E-state index contributed by atoms with van der Waals surface area (Å²) in [5.41, 5.74) is 1.35. The smallest absolute Gasteiger partial charge is 0.333 e. The second-order valence-corrected chi connectivity index (χ2v) is 15.4. The number of Topliss-reactive ketones (excluding diaryl/α,β-unsaturated/α-hetero) is 1. The largest absolute Gasteiger partial charge is 0.506 e. The van der Waals surface area contributed by atoms with Crippen molar-refractivity contribution in [2.75, 3.05) is 16.0 Å². The number of hydroxylamine groups is 4. The molecular weight excluding hydrogens is 748 g/mol. The minimum atomic E-state index is -0.937. The van der Waals surface area contributed by atoms with Crippen LogP contribution >= 0.6 is 0 Å². The van der Waals surface area contributed by atoms with Crippen LogP contribution in [0, 0.1) is 0 Å². The van der Waals surface area contributed by atoms with Crippen LogP contribution < -0.4 is 26.5 Å². The Morgan fingerprint density at radius 3 is 1.83 bits per heavy atom. The number of hydrogen-bond acceptors (Lipinski definition) is 14. The minimum Gasteiger partial charge on any atom is -0.506 e. The molecule has 4 aromatic rings. The molecule has 0 bridgehead atoms. The summed E-state index contributed by atoms with van der Waals surface area (Å²) in [7, 11) is 0. The first-order valence-electron chi connectivity index (χ1n) is 18.9. The lowest BCUT2D eigenvalue weighted by atomic mass is 9.79. The normalized spacial score (nSPS) is 23.1. The fourth-order valence-electron chi connectivity index (χ4n) is 8.30. The predicted octanol–water partition coefficient (Wildman–Crippen LogP) is 3.79. The average Bonchev–Trinajstić information content (AvgIpc) is 3.68. The molecule has 294 valence electrons. The Labute approximate surface area is 329 Å². The first kappa shape index (κ1) is 36.5. The third-order valence-electron chi connectivity index (χ3n) is 11.2. The maximum absolute atomic E-state index is 14.1. The van der Waals surface area contributed by atoms with E-state index >= 15 is 0 Å². The predicted molar refractivity (Wildman–Crippen MR) is 207 cm³/mol. The summed E-state index contributed by atoms with van der Waals surface area (Å²) < 4.78 is 0. The number of benzene rings is 4. The molecule has 4 aromatic carbocycles. The van der Waals surface area contributed by atoms with Crippen molar-refractivity contribution in [2.45, 2.75) is 76.5 Å². The number of rotatable bonds is 9. The summed E-state index contributed by atoms with van der Waals surface area (Å²) in [6.07, 6.45) is 0.269. The monoisotopic (exact) mass is 784 g/mol. The zero-order valence-corrected chi connectivity index (χ0v) is 31.4. The fraction of sp³-hybridized carbons (Fsp3) is 0.286. The van der Waals surface area contributed by atoms with Crippen molar-refractivity contribution in [1.82, 2.24) is 10.1 Å². The molecule has 4 N–H and O–H groups in total.